The molecule has 0 atom stereocenters. The first-order valence-corrected chi connectivity index (χ1v) is 7.51. The molecule has 1 aliphatic carbocycles. The summed E-state index contributed by atoms with van der Waals surface area (Å²) in [6, 6.07) is 5.81. The molecule has 0 fully saturated rings. The number of amides is 1. The van der Waals surface area contributed by atoms with E-state index in [9.17, 15) is 4.79 Å². The molecule has 1 amide bonds. The van der Waals surface area contributed by atoms with E-state index < -0.39 is 0 Å². The van der Waals surface area contributed by atoms with Crippen molar-refractivity contribution in [3.63, 3.8) is 0 Å². The topological polar surface area (TPSA) is 46.3 Å². The maximum atomic E-state index is 12.1. The van der Waals surface area contributed by atoms with Gasteiger partial charge in [0.2, 0.25) is 5.91 Å². The molecule has 0 radical (unpaired) electrons. The van der Waals surface area contributed by atoms with Gasteiger partial charge in [-0.2, -0.15) is 0 Å². The standard InChI is InChI=1S/C15H20N2OS/c1-11-7-8-12(16)9-14(11)19-10-15(18)17(2)13-5-3-4-6-13/h5,7-9H,3-4,6,10,16H2,1-2H3. The lowest BCUT2D eigenvalue weighted by molar-refractivity contribution is -0.125. The Hall–Kier alpha value is -1.42. The Morgan fingerprint density at radius 2 is 2.26 bits per heavy atom. The normalized spacial score (nSPS) is 14.3. The van der Waals surface area contributed by atoms with Crippen LogP contribution in [0.25, 0.3) is 0 Å². The lowest BCUT2D eigenvalue weighted by Crippen LogP contribution is -2.27. The molecule has 0 aliphatic heterocycles. The molecule has 2 rings (SSSR count). The third-order valence-electron chi connectivity index (χ3n) is 3.39. The predicted molar refractivity (Wildman–Crippen MR) is 81.0 cm³/mol. The van der Waals surface area contributed by atoms with Gasteiger partial charge in [0.1, 0.15) is 0 Å². The van der Waals surface area contributed by atoms with Crippen molar-refractivity contribution >= 4 is 23.4 Å². The number of hydrogen-bond acceptors (Lipinski definition) is 3. The minimum Gasteiger partial charge on any atom is -0.399 e. The van der Waals surface area contributed by atoms with E-state index in [1.807, 2.05) is 32.2 Å². The molecule has 0 aromatic heterocycles. The summed E-state index contributed by atoms with van der Waals surface area (Å²) < 4.78 is 0. The Bertz CT molecular complexity index is 511. The molecule has 4 heteroatoms. The Morgan fingerprint density at radius 1 is 1.47 bits per heavy atom. The van der Waals surface area contributed by atoms with E-state index in [-0.39, 0.29) is 5.91 Å². The highest BCUT2D eigenvalue weighted by molar-refractivity contribution is 8.00. The van der Waals surface area contributed by atoms with Crippen LogP contribution in [0.2, 0.25) is 0 Å². The van der Waals surface area contributed by atoms with E-state index in [2.05, 4.69) is 6.08 Å². The third-order valence-corrected chi connectivity index (χ3v) is 4.53. The molecule has 19 heavy (non-hydrogen) atoms. The number of hydrogen-bond donors (Lipinski definition) is 1. The van der Waals surface area contributed by atoms with Gasteiger partial charge in [-0.25, -0.2) is 0 Å². The second kappa shape index (κ2) is 6.15. The molecule has 1 aromatic rings. The highest BCUT2D eigenvalue weighted by Gasteiger charge is 2.16. The second-order valence-corrected chi connectivity index (χ2v) is 5.87. The Morgan fingerprint density at radius 3 is 2.95 bits per heavy atom. The van der Waals surface area contributed by atoms with Gasteiger partial charge in [0.15, 0.2) is 0 Å². The van der Waals surface area contributed by atoms with E-state index >= 15 is 0 Å². The number of nitrogens with zero attached hydrogens (tertiary/aromatic N) is 1. The maximum absolute atomic E-state index is 12.1. The van der Waals surface area contributed by atoms with Crippen LogP contribution in [-0.4, -0.2) is 23.6 Å². The first-order valence-electron chi connectivity index (χ1n) is 6.52. The Balaban J connectivity index is 1.94. The highest BCUT2D eigenvalue weighted by atomic mass is 32.2. The number of nitrogens with two attached hydrogens (primary N) is 1. The highest BCUT2D eigenvalue weighted by Crippen LogP contribution is 2.26. The van der Waals surface area contributed by atoms with E-state index in [1.165, 1.54) is 0 Å². The number of carbonyl (C=O) groups is 1. The zero-order valence-electron chi connectivity index (χ0n) is 11.5. The zero-order valence-corrected chi connectivity index (χ0v) is 12.3. The van der Waals surface area contributed by atoms with Crippen LogP contribution in [0.4, 0.5) is 5.69 Å². The van der Waals surface area contributed by atoms with E-state index in [1.54, 1.807) is 16.7 Å². The summed E-state index contributed by atoms with van der Waals surface area (Å²) in [6.07, 6.45) is 5.43. The number of carbonyl (C=O) groups excluding carboxylic acids is 1. The molecule has 0 bridgehead atoms. The summed E-state index contributed by atoms with van der Waals surface area (Å²) in [7, 11) is 1.87. The van der Waals surface area contributed by atoms with Gasteiger partial charge >= 0.3 is 0 Å². The molecule has 0 spiro atoms. The minimum atomic E-state index is 0.153. The smallest absolute Gasteiger partial charge is 0.236 e. The number of aryl methyl sites for hydroxylation is 1. The molecular weight excluding hydrogens is 256 g/mol. The number of allylic oxidation sites excluding steroid dienone is 2. The average Bonchev–Trinajstić information content (AvgIpc) is 2.92. The fourth-order valence-corrected chi connectivity index (χ4v) is 3.11. The minimum absolute atomic E-state index is 0.153. The Kier molecular flexibility index (Phi) is 4.53. The van der Waals surface area contributed by atoms with E-state index in [0.29, 0.717) is 5.75 Å². The van der Waals surface area contributed by atoms with Crippen LogP contribution >= 0.6 is 11.8 Å². The van der Waals surface area contributed by atoms with Crippen LogP contribution in [0.1, 0.15) is 24.8 Å². The molecule has 0 heterocycles. The largest absolute Gasteiger partial charge is 0.399 e. The molecule has 0 saturated heterocycles. The van der Waals surface area contributed by atoms with Crippen molar-refractivity contribution in [3.8, 4) is 0 Å². The average molecular weight is 276 g/mol. The summed E-state index contributed by atoms with van der Waals surface area (Å²) in [5, 5.41) is 0. The van der Waals surface area contributed by atoms with Gasteiger partial charge in [-0.1, -0.05) is 12.1 Å². The van der Waals surface area contributed by atoms with Crippen molar-refractivity contribution < 1.29 is 4.79 Å². The third kappa shape index (κ3) is 3.53. The van der Waals surface area contributed by atoms with Gasteiger partial charge in [0.05, 0.1) is 5.75 Å². The number of anilines is 1. The molecule has 3 nitrogen and oxygen atoms in total. The summed E-state index contributed by atoms with van der Waals surface area (Å²) >= 11 is 1.56. The van der Waals surface area contributed by atoms with Crippen LogP contribution in [-0.2, 0) is 4.79 Å². The number of rotatable bonds is 4. The molecule has 0 saturated carbocycles. The predicted octanol–water partition coefficient (Wildman–Crippen LogP) is 3.20. The van der Waals surface area contributed by atoms with E-state index in [4.69, 9.17) is 5.73 Å². The molecule has 1 aromatic carbocycles. The van der Waals surface area contributed by atoms with Crippen molar-refractivity contribution in [2.75, 3.05) is 18.5 Å². The van der Waals surface area contributed by atoms with Gasteiger partial charge in [-0.15, -0.1) is 11.8 Å². The van der Waals surface area contributed by atoms with Gasteiger partial charge in [0.25, 0.3) is 0 Å². The van der Waals surface area contributed by atoms with Crippen LogP contribution in [0.15, 0.2) is 34.9 Å². The zero-order chi connectivity index (χ0) is 13.8. The van der Waals surface area contributed by atoms with Gasteiger partial charge < -0.3 is 10.6 Å². The van der Waals surface area contributed by atoms with Gasteiger partial charge in [-0.05, 0) is 43.9 Å². The lowest BCUT2D eigenvalue weighted by atomic mass is 10.2. The Labute approximate surface area is 118 Å². The summed E-state index contributed by atoms with van der Waals surface area (Å²) in [5.41, 5.74) is 8.84. The number of nitrogen functional groups attached to an aromatic ring is 1. The molecule has 0 unspecified atom stereocenters. The van der Waals surface area contributed by atoms with Gasteiger partial charge in [-0.3, -0.25) is 4.79 Å². The summed E-state index contributed by atoms with van der Waals surface area (Å²) in [4.78, 5) is 15.0. The maximum Gasteiger partial charge on any atom is 0.236 e. The first-order chi connectivity index (χ1) is 9.08. The van der Waals surface area contributed by atoms with Crippen LogP contribution in [0.5, 0.6) is 0 Å². The first kappa shape index (κ1) is 14.0. The number of benzene rings is 1. The molecule has 2 N–H and O–H groups in total. The fourth-order valence-electron chi connectivity index (χ4n) is 2.13. The second-order valence-electron chi connectivity index (χ2n) is 4.85. The quantitative estimate of drug-likeness (QED) is 0.678. The van der Waals surface area contributed by atoms with Crippen molar-refractivity contribution in [1.29, 1.82) is 0 Å². The van der Waals surface area contributed by atoms with Crippen molar-refractivity contribution in [1.82, 2.24) is 4.90 Å². The molecular formula is C15H20N2OS. The van der Waals surface area contributed by atoms with Crippen molar-refractivity contribution in [3.05, 3.63) is 35.5 Å². The fraction of sp³-hybridized carbons (Fsp3) is 0.400. The molecule has 1 aliphatic rings. The lowest BCUT2D eigenvalue weighted by Gasteiger charge is -2.18. The number of thioether (sulfide) groups is 1. The summed E-state index contributed by atoms with van der Waals surface area (Å²) in [5.74, 6) is 0.609. The SMILES string of the molecule is Cc1ccc(N)cc1SCC(=O)N(C)C1=CCCC1. The van der Waals surface area contributed by atoms with Crippen molar-refractivity contribution in [2.24, 2.45) is 0 Å². The van der Waals surface area contributed by atoms with Crippen LogP contribution < -0.4 is 5.73 Å². The van der Waals surface area contributed by atoms with Crippen LogP contribution in [0.3, 0.4) is 0 Å². The van der Waals surface area contributed by atoms with Gasteiger partial charge in [0, 0.05) is 23.3 Å². The monoisotopic (exact) mass is 276 g/mol. The van der Waals surface area contributed by atoms with Crippen LogP contribution in [0, 0.1) is 6.92 Å². The van der Waals surface area contributed by atoms with E-state index in [0.717, 1.165) is 41.1 Å². The van der Waals surface area contributed by atoms with Crippen molar-refractivity contribution in [2.45, 2.75) is 31.1 Å². The molecule has 102 valence electrons. The summed E-state index contributed by atoms with van der Waals surface area (Å²) in [6.45, 7) is 2.04.